The SMILES string of the molecule is CC(C)(C)[C@H](NC(=O)C(F)(F)F)C(=O)N1C[C@H]2[C@@H]([C@H]1C(=O)N[C@H](C#N)C[C@@H]1CC(=O)NC1=O)C2(C)C. The molecule has 3 rings (SSSR count). The van der Waals surface area contributed by atoms with Gasteiger partial charge in [-0.15, -0.1) is 0 Å². The molecule has 0 unspecified atom stereocenters. The van der Waals surface area contributed by atoms with Crippen molar-refractivity contribution in [1.82, 2.24) is 20.9 Å². The molecular weight excluding hydrogens is 483 g/mol. The summed E-state index contributed by atoms with van der Waals surface area (Å²) in [5.41, 5.74) is -1.41. The van der Waals surface area contributed by atoms with Gasteiger partial charge < -0.3 is 15.5 Å². The highest BCUT2D eigenvalue weighted by atomic mass is 19.4. The summed E-state index contributed by atoms with van der Waals surface area (Å²) in [5, 5.41) is 16.0. The second kappa shape index (κ2) is 9.05. The maximum absolute atomic E-state index is 13.5. The lowest BCUT2D eigenvalue weighted by atomic mass is 9.85. The van der Waals surface area contributed by atoms with Crippen molar-refractivity contribution >= 4 is 29.5 Å². The van der Waals surface area contributed by atoms with E-state index in [0.29, 0.717) is 0 Å². The Kier molecular flexibility index (Phi) is 6.89. The number of nitrogens with zero attached hydrogens (tertiary/aromatic N) is 2. The van der Waals surface area contributed by atoms with Crippen molar-refractivity contribution in [3.8, 4) is 6.07 Å². The van der Waals surface area contributed by atoms with E-state index in [-0.39, 0.29) is 36.6 Å². The Morgan fingerprint density at radius 3 is 2.28 bits per heavy atom. The van der Waals surface area contributed by atoms with E-state index in [1.54, 1.807) is 5.32 Å². The van der Waals surface area contributed by atoms with Crippen LogP contribution in [-0.2, 0) is 24.0 Å². The molecule has 0 bridgehead atoms. The number of nitrogens with one attached hydrogen (secondary N) is 3. The van der Waals surface area contributed by atoms with Gasteiger partial charge in [0.2, 0.25) is 23.6 Å². The molecule has 0 spiro atoms. The number of halogens is 3. The Labute approximate surface area is 206 Å². The molecule has 3 fully saturated rings. The second-order valence-corrected chi connectivity index (χ2v) is 11.4. The van der Waals surface area contributed by atoms with Crippen LogP contribution in [0.1, 0.15) is 47.5 Å². The van der Waals surface area contributed by atoms with E-state index in [2.05, 4.69) is 10.6 Å². The first-order valence-corrected chi connectivity index (χ1v) is 11.6. The molecule has 2 heterocycles. The van der Waals surface area contributed by atoms with Crippen molar-refractivity contribution in [1.29, 1.82) is 5.26 Å². The Morgan fingerprint density at radius 1 is 1.19 bits per heavy atom. The summed E-state index contributed by atoms with van der Waals surface area (Å²) in [6.45, 7) is 8.44. The molecule has 3 N–H and O–H groups in total. The average molecular weight is 514 g/mol. The monoisotopic (exact) mass is 513 g/mol. The summed E-state index contributed by atoms with van der Waals surface area (Å²) in [7, 11) is 0. The molecule has 0 aromatic heterocycles. The quantitative estimate of drug-likeness (QED) is 0.444. The van der Waals surface area contributed by atoms with Crippen LogP contribution in [0.25, 0.3) is 0 Å². The molecule has 2 saturated heterocycles. The molecule has 2 aliphatic heterocycles. The minimum atomic E-state index is -5.19. The summed E-state index contributed by atoms with van der Waals surface area (Å²) in [6, 6.07) is -1.85. The first-order valence-electron chi connectivity index (χ1n) is 11.6. The number of carbonyl (C=O) groups is 5. The molecule has 10 nitrogen and oxygen atoms in total. The van der Waals surface area contributed by atoms with Gasteiger partial charge in [-0.2, -0.15) is 18.4 Å². The molecule has 6 atom stereocenters. The predicted octanol–water partition coefficient (Wildman–Crippen LogP) is 0.624. The van der Waals surface area contributed by atoms with Gasteiger partial charge in [0.1, 0.15) is 18.1 Å². The molecule has 3 aliphatic rings. The summed E-state index contributed by atoms with van der Waals surface area (Å²) in [6.07, 6.45) is -5.40. The lowest BCUT2D eigenvalue weighted by Crippen LogP contribution is -2.61. The zero-order chi connectivity index (χ0) is 27.4. The van der Waals surface area contributed by atoms with Crippen LogP contribution in [0.3, 0.4) is 0 Å². The fourth-order valence-corrected chi connectivity index (χ4v) is 5.32. The Bertz CT molecular complexity index is 1030. The smallest absolute Gasteiger partial charge is 0.339 e. The normalized spacial score (nSPS) is 28.5. The van der Waals surface area contributed by atoms with Crippen molar-refractivity contribution in [2.75, 3.05) is 6.54 Å². The van der Waals surface area contributed by atoms with E-state index < -0.39 is 65.2 Å². The van der Waals surface area contributed by atoms with Gasteiger partial charge in [-0.1, -0.05) is 34.6 Å². The van der Waals surface area contributed by atoms with E-state index in [1.165, 1.54) is 25.7 Å². The molecule has 0 aromatic rings. The third-order valence-electron chi connectivity index (χ3n) is 7.46. The van der Waals surface area contributed by atoms with E-state index >= 15 is 0 Å². The second-order valence-electron chi connectivity index (χ2n) is 11.4. The highest BCUT2D eigenvalue weighted by Gasteiger charge is 2.70. The number of rotatable bonds is 6. The first-order chi connectivity index (χ1) is 16.4. The van der Waals surface area contributed by atoms with Gasteiger partial charge in [0.15, 0.2) is 0 Å². The molecule has 1 saturated carbocycles. The van der Waals surface area contributed by atoms with Crippen molar-refractivity contribution < 1.29 is 37.1 Å². The van der Waals surface area contributed by atoms with E-state index in [1.807, 2.05) is 19.9 Å². The average Bonchev–Trinajstić information content (AvgIpc) is 3.06. The van der Waals surface area contributed by atoms with Crippen LogP contribution in [0, 0.1) is 39.9 Å². The zero-order valence-corrected chi connectivity index (χ0v) is 20.7. The first kappa shape index (κ1) is 27.4. The van der Waals surface area contributed by atoms with Crippen molar-refractivity contribution in [3.63, 3.8) is 0 Å². The number of likely N-dealkylation sites (tertiary alicyclic amines) is 1. The molecule has 1 aliphatic carbocycles. The van der Waals surface area contributed by atoms with Crippen LogP contribution >= 0.6 is 0 Å². The largest absolute Gasteiger partial charge is 0.471 e. The van der Waals surface area contributed by atoms with E-state index in [4.69, 9.17) is 0 Å². The lowest BCUT2D eigenvalue weighted by molar-refractivity contribution is -0.176. The highest BCUT2D eigenvalue weighted by molar-refractivity contribution is 6.03. The number of alkyl halides is 3. The van der Waals surface area contributed by atoms with Crippen LogP contribution < -0.4 is 16.0 Å². The predicted molar refractivity (Wildman–Crippen MR) is 117 cm³/mol. The Balaban J connectivity index is 1.81. The van der Waals surface area contributed by atoms with E-state index in [0.717, 1.165) is 0 Å². The van der Waals surface area contributed by atoms with E-state index in [9.17, 15) is 42.4 Å². The minimum absolute atomic E-state index is 0.0881. The highest BCUT2D eigenvalue weighted by Crippen LogP contribution is 2.65. The number of hydrogen-bond acceptors (Lipinski definition) is 6. The summed E-state index contributed by atoms with van der Waals surface area (Å²) in [4.78, 5) is 62.9. The molecule has 0 aromatic carbocycles. The van der Waals surface area contributed by atoms with Crippen molar-refractivity contribution in [2.45, 2.75) is 71.8 Å². The van der Waals surface area contributed by atoms with Gasteiger partial charge in [0, 0.05) is 13.0 Å². The minimum Gasteiger partial charge on any atom is -0.339 e. The summed E-state index contributed by atoms with van der Waals surface area (Å²) >= 11 is 0. The number of carbonyl (C=O) groups excluding carboxylic acids is 5. The number of nitriles is 1. The Hall–Kier alpha value is -3.17. The van der Waals surface area contributed by atoms with Crippen LogP contribution in [0.2, 0.25) is 0 Å². The lowest BCUT2D eigenvalue weighted by Gasteiger charge is -2.37. The topological polar surface area (TPSA) is 148 Å². The third-order valence-corrected chi connectivity index (χ3v) is 7.46. The number of piperidine rings is 1. The zero-order valence-electron chi connectivity index (χ0n) is 20.7. The van der Waals surface area contributed by atoms with Gasteiger partial charge in [0.05, 0.1) is 12.0 Å². The molecular formula is C23H30F3N5O5. The van der Waals surface area contributed by atoms with Crippen LogP contribution in [0.4, 0.5) is 13.2 Å². The van der Waals surface area contributed by atoms with Crippen LogP contribution in [0.15, 0.2) is 0 Å². The number of imide groups is 1. The molecule has 5 amide bonds. The number of hydrogen-bond donors (Lipinski definition) is 3. The van der Waals surface area contributed by atoms with Crippen molar-refractivity contribution in [3.05, 3.63) is 0 Å². The van der Waals surface area contributed by atoms with Crippen molar-refractivity contribution in [2.24, 2.45) is 28.6 Å². The summed E-state index contributed by atoms with van der Waals surface area (Å²) < 4.78 is 38.8. The summed E-state index contributed by atoms with van der Waals surface area (Å²) in [5.74, 6) is -5.93. The maximum atomic E-state index is 13.5. The molecule has 36 heavy (non-hydrogen) atoms. The van der Waals surface area contributed by atoms with Crippen LogP contribution in [0.5, 0.6) is 0 Å². The fourth-order valence-electron chi connectivity index (χ4n) is 5.32. The molecule has 198 valence electrons. The van der Waals surface area contributed by atoms with Gasteiger partial charge >= 0.3 is 12.1 Å². The Morgan fingerprint density at radius 2 is 1.81 bits per heavy atom. The van der Waals surface area contributed by atoms with Gasteiger partial charge in [-0.25, -0.2) is 0 Å². The number of amides is 5. The van der Waals surface area contributed by atoms with Crippen LogP contribution in [-0.4, -0.2) is 65.3 Å². The van der Waals surface area contributed by atoms with Gasteiger partial charge in [-0.05, 0) is 29.1 Å². The maximum Gasteiger partial charge on any atom is 0.471 e. The number of fused-ring (bicyclic) bond motifs is 1. The fraction of sp³-hybridized carbons (Fsp3) is 0.739. The third kappa shape index (κ3) is 5.17. The standard InChI is InChI=1S/C23H30F3N5O5/c1-21(2,3)16(30-20(36)23(24,25)26)19(35)31-9-12-14(22(12,4)5)15(31)18(34)28-11(8-27)6-10-7-13(32)29-17(10)33/h10-12,14-16H,6-7,9H2,1-5H3,(H,28,34)(H,30,36)(H,29,32,33)/t10-,11+,12+,14+,15+,16-/m1/s1. The molecule has 13 heteroatoms. The van der Waals surface area contributed by atoms with Gasteiger partial charge in [0.25, 0.3) is 0 Å². The van der Waals surface area contributed by atoms with Gasteiger partial charge in [-0.3, -0.25) is 29.3 Å². The molecule has 0 radical (unpaired) electrons.